The van der Waals surface area contributed by atoms with Crippen molar-refractivity contribution in [1.82, 2.24) is 24.4 Å². The van der Waals surface area contributed by atoms with E-state index in [2.05, 4.69) is 21.5 Å². The van der Waals surface area contributed by atoms with Crippen LogP contribution in [0.2, 0.25) is 5.02 Å². The number of halogens is 3. The number of hydrogen-bond donors (Lipinski definition) is 0. The number of hydrogen-bond acceptors (Lipinski definition) is 6. The van der Waals surface area contributed by atoms with E-state index in [1.54, 1.807) is 22.6 Å². The van der Waals surface area contributed by atoms with Gasteiger partial charge in [0.1, 0.15) is 23.5 Å². The van der Waals surface area contributed by atoms with Crippen LogP contribution < -0.4 is 9.64 Å². The molecular weight excluding hydrogens is 478 g/mol. The number of anilines is 1. The molecule has 0 unspecified atom stereocenters. The lowest BCUT2D eigenvalue weighted by atomic mass is 9.99. The molecule has 8 nitrogen and oxygen atoms in total. The molecule has 1 aliphatic rings. The summed E-state index contributed by atoms with van der Waals surface area (Å²) in [6, 6.07) is 2.82. The first kappa shape index (κ1) is 23.0. The standard InChI is InChI=1S/C24H21ClF2N6O2/c1-4-15(34)32-7-9-33(10-8-32)24-18-22(28-11-29-24)20(27)17(19(25)23(18)35-3)16-13(26)5-6-14-21(16)30-12-31(14)2/h4-6,11-12H,1,7-10H2,2-3H3. The Hall–Kier alpha value is -3.79. The largest absolute Gasteiger partial charge is 0.494 e. The lowest BCUT2D eigenvalue weighted by molar-refractivity contribution is -0.126. The number of nitrogens with zero attached hydrogens (tertiary/aromatic N) is 6. The van der Waals surface area contributed by atoms with Gasteiger partial charge in [-0.3, -0.25) is 4.79 Å². The van der Waals surface area contributed by atoms with Crippen LogP contribution >= 0.6 is 11.6 Å². The van der Waals surface area contributed by atoms with E-state index >= 15 is 8.78 Å². The number of piperazine rings is 1. The van der Waals surface area contributed by atoms with Crippen molar-refractivity contribution in [1.29, 1.82) is 0 Å². The van der Waals surface area contributed by atoms with Gasteiger partial charge in [-0.15, -0.1) is 0 Å². The Kier molecular flexibility index (Phi) is 5.76. The summed E-state index contributed by atoms with van der Waals surface area (Å²) in [5, 5.41) is 0.171. The third-order valence-corrected chi connectivity index (χ3v) is 6.63. The molecule has 0 aliphatic carbocycles. The van der Waals surface area contributed by atoms with Gasteiger partial charge >= 0.3 is 0 Å². The summed E-state index contributed by atoms with van der Waals surface area (Å²) in [7, 11) is 3.16. The predicted molar refractivity (Wildman–Crippen MR) is 130 cm³/mol. The average Bonchev–Trinajstić information content (AvgIpc) is 3.25. The number of ether oxygens (including phenoxy) is 1. The number of carbonyl (C=O) groups is 1. The summed E-state index contributed by atoms with van der Waals surface area (Å²) in [5.74, 6) is -1.08. The minimum absolute atomic E-state index is 0.0526. The maximum atomic E-state index is 16.1. The highest BCUT2D eigenvalue weighted by molar-refractivity contribution is 6.37. The van der Waals surface area contributed by atoms with Crippen molar-refractivity contribution in [3.8, 4) is 16.9 Å². The molecule has 1 fully saturated rings. The molecule has 0 spiro atoms. The van der Waals surface area contributed by atoms with Crippen LogP contribution in [0, 0.1) is 11.6 Å². The Labute approximate surface area is 204 Å². The number of methoxy groups -OCH3 is 1. The first-order chi connectivity index (χ1) is 16.9. The SMILES string of the molecule is C=CC(=O)N1CCN(c2ncnc3c(F)c(-c4c(F)ccc5c4ncn5C)c(Cl)c(OC)c23)CC1. The van der Waals surface area contributed by atoms with E-state index < -0.39 is 11.6 Å². The zero-order valence-corrected chi connectivity index (χ0v) is 19.8. The van der Waals surface area contributed by atoms with Gasteiger partial charge in [-0.1, -0.05) is 18.2 Å². The summed E-state index contributed by atoms with van der Waals surface area (Å²) in [6.07, 6.45) is 4.04. The topological polar surface area (TPSA) is 76.4 Å². The number of fused-ring (bicyclic) bond motifs is 2. The number of rotatable bonds is 4. The van der Waals surface area contributed by atoms with Crippen molar-refractivity contribution in [2.24, 2.45) is 7.05 Å². The number of carbonyl (C=O) groups excluding carboxylic acids is 1. The Morgan fingerprint density at radius 1 is 1.11 bits per heavy atom. The molecule has 0 bridgehead atoms. The van der Waals surface area contributed by atoms with Crippen LogP contribution in [0.25, 0.3) is 33.1 Å². The van der Waals surface area contributed by atoms with Gasteiger partial charge in [0.05, 0.1) is 40.4 Å². The Bertz CT molecular complexity index is 1500. The molecule has 3 heterocycles. The highest BCUT2D eigenvalue weighted by Crippen LogP contribution is 2.47. The minimum atomic E-state index is -0.799. The first-order valence-corrected chi connectivity index (χ1v) is 11.2. The lowest BCUT2D eigenvalue weighted by Crippen LogP contribution is -2.48. The number of amides is 1. The third-order valence-electron chi connectivity index (χ3n) is 6.27. The molecule has 2 aromatic carbocycles. The van der Waals surface area contributed by atoms with E-state index in [-0.39, 0.29) is 44.2 Å². The third kappa shape index (κ3) is 3.56. The van der Waals surface area contributed by atoms with Gasteiger partial charge in [-0.05, 0) is 18.2 Å². The fourth-order valence-corrected chi connectivity index (χ4v) is 4.87. The van der Waals surface area contributed by atoms with Crippen molar-refractivity contribution in [2.45, 2.75) is 0 Å². The predicted octanol–water partition coefficient (Wildman–Crippen LogP) is 3.96. The van der Waals surface area contributed by atoms with Crippen LogP contribution in [0.1, 0.15) is 0 Å². The van der Waals surface area contributed by atoms with Crippen LogP contribution in [0.5, 0.6) is 5.75 Å². The maximum absolute atomic E-state index is 16.1. The zero-order chi connectivity index (χ0) is 24.9. The fourth-order valence-electron chi connectivity index (χ4n) is 4.52. The van der Waals surface area contributed by atoms with Gasteiger partial charge in [-0.25, -0.2) is 23.7 Å². The molecule has 1 aliphatic heterocycles. The highest BCUT2D eigenvalue weighted by atomic mass is 35.5. The van der Waals surface area contributed by atoms with Crippen LogP contribution in [0.15, 0.2) is 37.4 Å². The molecule has 0 atom stereocenters. The van der Waals surface area contributed by atoms with E-state index in [1.807, 2.05) is 4.90 Å². The molecule has 2 aromatic heterocycles. The van der Waals surface area contributed by atoms with Crippen molar-refractivity contribution in [3.05, 3.63) is 54.1 Å². The second-order valence-electron chi connectivity index (χ2n) is 8.12. The Morgan fingerprint density at radius 2 is 1.86 bits per heavy atom. The van der Waals surface area contributed by atoms with Crippen LogP contribution in [-0.2, 0) is 11.8 Å². The number of aryl methyl sites for hydroxylation is 1. The Morgan fingerprint density at radius 3 is 2.54 bits per heavy atom. The molecule has 11 heteroatoms. The molecule has 180 valence electrons. The molecule has 0 saturated carbocycles. The molecular formula is C24H21ClF2N6O2. The second-order valence-corrected chi connectivity index (χ2v) is 8.50. The van der Waals surface area contributed by atoms with Gasteiger partial charge in [0.15, 0.2) is 11.6 Å². The van der Waals surface area contributed by atoms with E-state index in [1.165, 1.54) is 31.9 Å². The summed E-state index contributed by atoms with van der Waals surface area (Å²) < 4.78 is 38.5. The van der Waals surface area contributed by atoms with Crippen molar-refractivity contribution >= 4 is 45.3 Å². The quantitative estimate of drug-likeness (QED) is 0.396. The Balaban J connectivity index is 1.71. The van der Waals surface area contributed by atoms with E-state index in [4.69, 9.17) is 16.3 Å². The normalized spacial score (nSPS) is 14.1. The molecule has 35 heavy (non-hydrogen) atoms. The number of benzene rings is 2. The second kappa shape index (κ2) is 8.77. The summed E-state index contributed by atoms with van der Waals surface area (Å²) >= 11 is 6.70. The number of imidazole rings is 1. The van der Waals surface area contributed by atoms with Gasteiger partial charge in [-0.2, -0.15) is 0 Å². The maximum Gasteiger partial charge on any atom is 0.246 e. The van der Waals surface area contributed by atoms with Crippen molar-refractivity contribution < 1.29 is 18.3 Å². The van der Waals surface area contributed by atoms with Crippen molar-refractivity contribution in [3.63, 3.8) is 0 Å². The van der Waals surface area contributed by atoms with E-state index in [9.17, 15) is 4.79 Å². The van der Waals surface area contributed by atoms with Crippen LogP contribution in [-0.4, -0.2) is 63.6 Å². The molecule has 4 aromatic rings. The summed E-state index contributed by atoms with van der Waals surface area (Å²) in [6.45, 7) is 5.33. The molecule has 1 amide bonds. The van der Waals surface area contributed by atoms with Crippen molar-refractivity contribution in [2.75, 3.05) is 38.2 Å². The summed E-state index contributed by atoms with van der Waals surface area (Å²) in [4.78, 5) is 28.3. The van der Waals surface area contributed by atoms with Gasteiger partial charge in [0.25, 0.3) is 0 Å². The van der Waals surface area contributed by atoms with E-state index in [0.29, 0.717) is 37.5 Å². The molecule has 0 N–H and O–H groups in total. The average molecular weight is 499 g/mol. The first-order valence-electron chi connectivity index (χ1n) is 10.8. The van der Waals surface area contributed by atoms with Crippen LogP contribution in [0.4, 0.5) is 14.6 Å². The fraction of sp³-hybridized carbons (Fsp3) is 0.250. The molecule has 5 rings (SSSR count). The van der Waals surface area contributed by atoms with Gasteiger partial charge in [0, 0.05) is 38.8 Å². The summed E-state index contributed by atoms with van der Waals surface area (Å²) in [5.41, 5.74) is 0.591. The molecule has 0 radical (unpaired) electrons. The minimum Gasteiger partial charge on any atom is -0.494 e. The number of aromatic nitrogens is 4. The monoisotopic (exact) mass is 498 g/mol. The van der Waals surface area contributed by atoms with E-state index in [0.717, 1.165) is 0 Å². The van der Waals surface area contributed by atoms with Crippen LogP contribution in [0.3, 0.4) is 0 Å². The smallest absolute Gasteiger partial charge is 0.246 e. The molecule has 1 saturated heterocycles. The lowest BCUT2D eigenvalue weighted by Gasteiger charge is -2.35. The zero-order valence-electron chi connectivity index (χ0n) is 19.1. The van der Waals surface area contributed by atoms with Gasteiger partial charge in [0.2, 0.25) is 5.91 Å². The van der Waals surface area contributed by atoms with Gasteiger partial charge < -0.3 is 19.1 Å². The highest BCUT2D eigenvalue weighted by Gasteiger charge is 2.30.